The summed E-state index contributed by atoms with van der Waals surface area (Å²) >= 11 is 0. The van der Waals surface area contributed by atoms with Crippen LogP contribution in [0.1, 0.15) is 30.3 Å². The highest BCUT2D eigenvalue weighted by Crippen LogP contribution is 2.11. The lowest BCUT2D eigenvalue weighted by Gasteiger charge is -2.22. The third-order valence-electron chi connectivity index (χ3n) is 2.89. The monoisotopic (exact) mass is 238 g/mol. The second-order valence-corrected chi connectivity index (χ2v) is 4.15. The van der Waals surface area contributed by atoms with Gasteiger partial charge in [-0.2, -0.15) is 5.10 Å². The van der Waals surface area contributed by atoms with Crippen molar-refractivity contribution in [1.82, 2.24) is 15.1 Å². The van der Waals surface area contributed by atoms with Crippen LogP contribution in [0, 0.1) is 0 Å². The number of carbonyl (C=O) groups is 1. The fourth-order valence-corrected chi connectivity index (χ4v) is 1.87. The maximum Gasteiger partial charge on any atom is 0.274 e. The van der Waals surface area contributed by atoms with Crippen LogP contribution in [0.15, 0.2) is 6.20 Å². The molecule has 0 spiro atoms. The molecular formula is C11H18N4O2. The molecule has 3 N–H and O–H groups in total. The molecular weight excluding hydrogens is 220 g/mol. The number of aryl methyl sites for hydroxylation is 1. The molecule has 6 heteroatoms. The molecule has 2 heterocycles. The molecule has 17 heavy (non-hydrogen) atoms. The molecule has 6 nitrogen and oxygen atoms in total. The average Bonchev–Trinajstić information content (AvgIpc) is 2.72. The van der Waals surface area contributed by atoms with Crippen molar-refractivity contribution in [3.05, 3.63) is 11.9 Å². The Bertz CT molecular complexity index is 396. The minimum atomic E-state index is -0.193. The number of aromatic nitrogens is 2. The predicted molar refractivity (Wildman–Crippen MR) is 63.6 cm³/mol. The van der Waals surface area contributed by atoms with Crippen LogP contribution in [0.3, 0.4) is 0 Å². The standard InChI is InChI=1S/C11H18N4O2/c1-2-15-7-9(12)10(14-15)11(16)13-8-3-5-17-6-4-8/h7-8H,2-6,12H2,1H3,(H,13,16). The first kappa shape index (κ1) is 11.9. The molecule has 1 aliphatic rings. The van der Waals surface area contributed by atoms with Crippen molar-refractivity contribution in [2.75, 3.05) is 18.9 Å². The quantitative estimate of drug-likeness (QED) is 0.798. The van der Waals surface area contributed by atoms with Crippen molar-refractivity contribution in [3.8, 4) is 0 Å². The molecule has 0 radical (unpaired) electrons. The largest absolute Gasteiger partial charge is 0.396 e. The average molecular weight is 238 g/mol. The highest BCUT2D eigenvalue weighted by molar-refractivity contribution is 5.97. The maximum absolute atomic E-state index is 12.0. The smallest absolute Gasteiger partial charge is 0.274 e. The van der Waals surface area contributed by atoms with Gasteiger partial charge in [-0.05, 0) is 19.8 Å². The molecule has 1 saturated heterocycles. The fourth-order valence-electron chi connectivity index (χ4n) is 1.87. The number of nitrogen functional groups attached to an aromatic ring is 1. The third kappa shape index (κ3) is 2.76. The summed E-state index contributed by atoms with van der Waals surface area (Å²) in [4.78, 5) is 12.0. The van der Waals surface area contributed by atoms with Crippen LogP contribution in [0.2, 0.25) is 0 Å². The minimum Gasteiger partial charge on any atom is -0.396 e. The molecule has 2 rings (SSSR count). The second-order valence-electron chi connectivity index (χ2n) is 4.15. The Morgan fingerprint density at radius 1 is 1.65 bits per heavy atom. The van der Waals surface area contributed by atoms with Crippen LogP contribution in [0.4, 0.5) is 5.69 Å². The second kappa shape index (κ2) is 5.18. The molecule has 1 aromatic heterocycles. The summed E-state index contributed by atoms with van der Waals surface area (Å²) in [5.74, 6) is -0.193. The SMILES string of the molecule is CCn1cc(N)c(C(=O)NC2CCOCC2)n1. The van der Waals surface area contributed by atoms with E-state index in [1.54, 1.807) is 10.9 Å². The summed E-state index contributed by atoms with van der Waals surface area (Å²) in [5, 5.41) is 7.08. The van der Waals surface area contributed by atoms with Gasteiger partial charge in [-0.15, -0.1) is 0 Å². The number of hydrogen-bond acceptors (Lipinski definition) is 4. The van der Waals surface area contributed by atoms with Crippen LogP contribution in [-0.2, 0) is 11.3 Å². The molecule has 0 unspecified atom stereocenters. The van der Waals surface area contributed by atoms with E-state index in [-0.39, 0.29) is 11.9 Å². The van der Waals surface area contributed by atoms with Gasteiger partial charge in [0.05, 0.1) is 5.69 Å². The molecule has 94 valence electrons. The van der Waals surface area contributed by atoms with E-state index >= 15 is 0 Å². The Morgan fingerprint density at radius 2 is 2.35 bits per heavy atom. The summed E-state index contributed by atoms with van der Waals surface area (Å²) in [7, 11) is 0. The van der Waals surface area contributed by atoms with Gasteiger partial charge in [0.15, 0.2) is 5.69 Å². The molecule has 0 atom stereocenters. The normalized spacial score (nSPS) is 17.0. The Hall–Kier alpha value is -1.56. The first-order chi connectivity index (χ1) is 8.20. The van der Waals surface area contributed by atoms with Gasteiger partial charge in [0, 0.05) is 32.0 Å². The van der Waals surface area contributed by atoms with Gasteiger partial charge in [-0.1, -0.05) is 0 Å². The zero-order valence-corrected chi connectivity index (χ0v) is 9.98. The fraction of sp³-hybridized carbons (Fsp3) is 0.636. The lowest BCUT2D eigenvalue weighted by molar-refractivity contribution is 0.0694. The Morgan fingerprint density at radius 3 is 2.94 bits per heavy atom. The van der Waals surface area contributed by atoms with Gasteiger partial charge in [0.1, 0.15) is 0 Å². The molecule has 0 aliphatic carbocycles. The van der Waals surface area contributed by atoms with E-state index in [4.69, 9.17) is 10.5 Å². The number of rotatable bonds is 3. The molecule has 0 saturated carbocycles. The van der Waals surface area contributed by atoms with Gasteiger partial charge in [0.2, 0.25) is 0 Å². The molecule has 1 aromatic rings. The lowest BCUT2D eigenvalue weighted by Crippen LogP contribution is -2.39. The first-order valence-corrected chi connectivity index (χ1v) is 5.92. The third-order valence-corrected chi connectivity index (χ3v) is 2.89. The van der Waals surface area contributed by atoms with Gasteiger partial charge in [-0.25, -0.2) is 0 Å². The topological polar surface area (TPSA) is 82.2 Å². The van der Waals surface area contributed by atoms with E-state index < -0.39 is 0 Å². The number of nitrogens with one attached hydrogen (secondary N) is 1. The van der Waals surface area contributed by atoms with E-state index in [9.17, 15) is 4.79 Å². The number of ether oxygens (including phenoxy) is 1. The van der Waals surface area contributed by atoms with Crippen LogP contribution < -0.4 is 11.1 Å². The zero-order valence-electron chi connectivity index (χ0n) is 9.98. The summed E-state index contributed by atoms with van der Waals surface area (Å²) in [6.45, 7) is 4.05. The van der Waals surface area contributed by atoms with E-state index in [0.717, 1.165) is 12.8 Å². The van der Waals surface area contributed by atoms with Crippen LogP contribution in [-0.4, -0.2) is 34.9 Å². The van der Waals surface area contributed by atoms with Gasteiger partial charge >= 0.3 is 0 Å². The van der Waals surface area contributed by atoms with Gasteiger partial charge in [0.25, 0.3) is 5.91 Å². The molecule has 0 aromatic carbocycles. The number of anilines is 1. The van der Waals surface area contributed by atoms with Crippen molar-refractivity contribution >= 4 is 11.6 Å². The summed E-state index contributed by atoms with van der Waals surface area (Å²) in [6.07, 6.45) is 3.37. The first-order valence-electron chi connectivity index (χ1n) is 5.92. The number of hydrogen-bond donors (Lipinski definition) is 2. The van der Waals surface area contributed by atoms with E-state index in [0.29, 0.717) is 31.1 Å². The Balaban J connectivity index is 2.00. The van der Waals surface area contributed by atoms with Crippen molar-refractivity contribution in [2.24, 2.45) is 0 Å². The van der Waals surface area contributed by atoms with Crippen molar-refractivity contribution in [3.63, 3.8) is 0 Å². The summed E-state index contributed by atoms with van der Waals surface area (Å²) in [5.41, 5.74) is 6.50. The Kier molecular flexibility index (Phi) is 3.63. The molecule has 1 amide bonds. The minimum absolute atomic E-state index is 0.169. The lowest BCUT2D eigenvalue weighted by atomic mass is 10.1. The van der Waals surface area contributed by atoms with E-state index in [1.165, 1.54) is 0 Å². The van der Waals surface area contributed by atoms with Crippen LogP contribution >= 0.6 is 0 Å². The van der Waals surface area contributed by atoms with Crippen molar-refractivity contribution in [2.45, 2.75) is 32.4 Å². The van der Waals surface area contributed by atoms with Gasteiger partial charge < -0.3 is 15.8 Å². The van der Waals surface area contributed by atoms with Crippen molar-refractivity contribution < 1.29 is 9.53 Å². The highest BCUT2D eigenvalue weighted by Gasteiger charge is 2.20. The maximum atomic E-state index is 12.0. The molecule has 0 bridgehead atoms. The number of amides is 1. The zero-order chi connectivity index (χ0) is 12.3. The van der Waals surface area contributed by atoms with Crippen LogP contribution in [0.5, 0.6) is 0 Å². The number of nitrogens with zero attached hydrogens (tertiary/aromatic N) is 2. The van der Waals surface area contributed by atoms with E-state index in [1.807, 2.05) is 6.92 Å². The molecule has 1 fully saturated rings. The van der Waals surface area contributed by atoms with Gasteiger partial charge in [-0.3, -0.25) is 9.48 Å². The summed E-state index contributed by atoms with van der Waals surface area (Å²) < 4.78 is 6.90. The van der Waals surface area contributed by atoms with Crippen molar-refractivity contribution in [1.29, 1.82) is 0 Å². The predicted octanol–water partition coefficient (Wildman–Crippen LogP) is 0.394. The number of carbonyl (C=O) groups excluding carboxylic acids is 1. The van der Waals surface area contributed by atoms with Crippen LogP contribution in [0.25, 0.3) is 0 Å². The van der Waals surface area contributed by atoms with E-state index in [2.05, 4.69) is 10.4 Å². The summed E-state index contributed by atoms with van der Waals surface area (Å²) in [6, 6.07) is 0.169. The molecule has 1 aliphatic heterocycles. The number of nitrogens with two attached hydrogens (primary N) is 1. The Labute approximate surface area is 100 Å². The highest BCUT2D eigenvalue weighted by atomic mass is 16.5.